The van der Waals surface area contributed by atoms with Crippen LogP contribution in [0.2, 0.25) is 0 Å². The number of anilines is 2. The van der Waals surface area contributed by atoms with Crippen LogP contribution in [0.5, 0.6) is 0 Å². The fourth-order valence-electron chi connectivity index (χ4n) is 7.05. The molecule has 1 spiro atoms. The van der Waals surface area contributed by atoms with E-state index in [0.29, 0.717) is 29.1 Å². The fraction of sp³-hybridized carbons (Fsp3) is 0.343. The number of carbonyl (C=O) groups excluding carboxylic acids is 1. The average molecular weight is 617 g/mol. The number of carbonyl (C=O) groups is 1. The highest BCUT2D eigenvalue weighted by Gasteiger charge is 2.51. The Morgan fingerprint density at radius 3 is 2.52 bits per heavy atom. The quantitative estimate of drug-likeness (QED) is 0.227. The van der Waals surface area contributed by atoms with Gasteiger partial charge in [-0.2, -0.15) is 10.2 Å². The van der Waals surface area contributed by atoms with Crippen LogP contribution in [0.3, 0.4) is 0 Å². The lowest BCUT2D eigenvalue weighted by atomic mass is 9.85. The van der Waals surface area contributed by atoms with Crippen LogP contribution in [0.15, 0.2) is 79.5 Å². The lowest BCUT2D eigenvalue weighted by Gasteiger charge is -2.32. The average Bonchev–Trinajstić information content (AvgIpc) is 3.87. The summed E-state index contributed by atoms with van der Waals surface area (Å²) in [6.07, 6.45) is 10.1. The van der Waals surface area contributed by atoms with E-state index in [1.807, 2.05) is 31.1 Å². The van der Waals surface area contributed by atoms with E-state index in [1.54, 1.807) is 34.2 Å². The number of amides is 1. The monoisotopic (exact) mass is 616 g/mol. The van der Waals surface area contributed by atoms with Gasteiger partial charge in [0.05, 0.1) is 17.3 Å². The molecule has 46 heavy (non-hydrogen) atoms. The van der Waals surface area contributed by atoms with Crippen molar-refractivity contribution in [2.45, 2.75) is 19.3 Å². The molecule has 2 fully saturated rings. The normalized spacial score (nSPS) is 20.1. The Labute approximate surface area is 269 Å². The van der Waals surface area contributed by atoms with Crippen molar-refractivity contribution < 1.29 is 4.79 Å². The highest BCUT2D eigenvalue weighted by Crippen LogP contribution is 2.43. The predicted octanol–water partition coefficient (Wildman–Crippen LogP) is 3.95. The molecule has 236 valence electrons. The van der Waals surface area contributed by atoms with Crippen LogP contribution >= 0.6 is 0 Å². The van der Waals surface area contributed by atoms with Gasteiger partial charge in [-0.25, -0.2) is 4.98 Å². The highest BCUT2D eigenvalue weighted by atomic mass is 16.2. The second-order valence-electron chi connectivity index (χ2n) is 12.8. The van der Waals surface area contributed by atoms with Gasteiger partial charge in [-0.05, 0) is 55.1 Å². The summed E-state index contributed by atoms with van der Waals surface area (Å²) in [6.45, 7) is 9.25. The molecule has 11 nitrogen and oxygen atoms in total. The van der Waals surface area contributed by atoms with Crippen LogP contribution in [-0.2, 0) is 18.9 Å². The second kappa shape index (κ2) is 11.7. The molecule has 1 amide bonds. The van der Waals surface area contributed by atoms with Crippen molar-refractivity contribution in [3.63, 3.8) is 0 Å². The zero-order valence-electron chi connectivity index (χ0n) is 26.5. The summed E-state index contributed by atoms with van der Waals surface area (Å²) in [4.78, 5) is 24.9. The molecule has 0 bridgehead atoms. The SMILES string of the molecule is C=C(CN1CC[C@]2(CCN(c3ccc(N)c(C(=N)c4cnn(C)c4)c3)C2=O)C1)N1CC=C(c2ccc(-c3ncn(C)n3)cc2)CC1. The smallest absolute Gasteiger partial charge is 0.234 e. The minimum absolute atomic E-state index is 0.166. The number of nitrogens with zero attached hydrogens (tertiary/aromatic N) is 8. The Bertz CT molecular complexity index is 1850. The van der Waals surface area contributed by atoms with E-state index in [1.165, 1.54) is 11.1 Å². The molecule has 1 atom stereocenters. The van der Waals surface area contributed by atoms with Crippen LogP contribution in [0.4, 0.5) is 11.4 Å². The van der Waals surface area contributed by atoms with Crippen molar-refractivity contribution in [3.8, 4) is 11.4 Å². The number of rotatable bonds is 8. The molecule has 7 rings (SSSR count). The number of nitrogens with two attached hydrogens (primary N) is 1. The zero-order chi connectivity index (χ0) is 32.0. The van der Waals surface area contributed by atoms with Gasteiger partial charge in [0.25, 0.3) is 0 Å². The van der Waals surface area contributed by atoms with E-state index < -0.39 is 0 Å². The number of nitrogens with one attached hydrogen (secondary N) is 1. The van der Waals surface area contributed by atoms with Gasteiger partial charge in [0.1, 0.15) is 6.33 Å². The molecule has 2 saturated heterocycles. The first kappa shape index (κ1) is 29.7. The van der Waals surface area contributed by atoms with Gasteiger partial charge < -0.3 is 15.5 Å². The number of aryl methyl sites for hydroxylation is 2. The Morgan fingerprint density at radius 1 is 1.04 bits per heavy atom. The molecule has 0 radical (unpaired) electrons. The van der Waals surface area contributed by atoms with E-state index >= 15 is 0 Å². The molecule has 2 aromatic carbocycles. The Morgan fingerprint density at radius 2 is 1.83 bits per heavy atom. The van der Waals surface area contributed by atoms with E-state index in [9.17, 15) is 4.79 Å². The van der Waals surface area contributed by atoms with Crippen molar-refractivity contribution >= 4 is 28.6 Å². The summed E-state index contributed by atoms with van der Waals surface area (Å²) in [5, 5.41) is 17.3. The molecule has 4 aromatic rings. The van der Waals surface area contributed by atoms with Crippen LogP contribution in [-0.4, -0.2) is 85.2 Å². The maximum Gasteiger partial charge on any atom is 0.234 e. The van der Waals surface area contributed by atoms with Crippen molar-refractivity contribution in [3.05, 3.63) is 96.2 Å². The van der Waals surface area contributed by atoms with Gasteiger partial charge in [0.15, 0.2) is 5.82 Å². The van der Waals surface area contributed by atoms with Gasteiger partial charge >= 0.3 is 0 Å². The molecule has 3 aliphatic heterocycles. The molecular formula is C35H40N10O. The van der Waals surface area contributed by atoms with Crippen LogP contribution in [0.1, 0.15) is 36.0 Å². The number of aromatic nitrogens is 5. The third-order valence-corrected chi connectivity index (χ3v) is 9.73. The molecule has 0 saturated carbocycles. The van der Waals surface area contributed by atoms with Crippen LogP contribution in [0.25, 0.3) is 17.0 Å². The van der Waals surface area contributed by atoms with Crippen molar-refractivity contribution in [1.82, 2.24) is 34.3 Å². The van der Waals surface area contributed by atoms with Gasteiger partial charge in [0.2, 0.25) is 5.91 Å². The molecule has 11 heteroatoms. The summed E-state index contributed by atoms with van der Waals surface area (Å²) in [5.74, 6) is 0.905. The number of benzene rings is 2. The molecular weight excluding hydrogens is 576 g/mol. The Kier molecular flexibility index (Phi) is 7.56. The lowest BCUT2D eigenvalue weighted by Crippen LogP contribution is -2.38. The molecule has 2 aromatic heterocycles. The fourth-order valence-corrected chi connectivity index (χ4v) is 7.05. The van der Waals surface area contributed by atoms with Crippen molar-refractivity contribution in [2.24, 2.45) is 19.5 Å². The number of hydrogen-bond acceptors (Lipinski definition) is 8. The van der Waals surface area contributed by atoms with E-state index in [4.69, 9.17) is 11.1 Å². The Balaban J connectivity index is 0.957. The van der Waals surface area contributed by atoms with Crippen molar-refractivity contribution in [2.75, 3.05) is 49.9 Å². The van der Waals surface area contributed by atoms with Gasteiger partial charge in [-0.1, -0.05) is 36.9 Å². The molecule has 5 heterocycles. The standard InChI is InChI=1S/C35H40N10O/c1-24(44-14-10-26(11-15-44)25-4-6-27(7-5-25)33-38-23-42(3)40-33)20-43-16-12-35(22-43)13-17-45(34(35)46)29-8-9-31(36)30(18-29)32(37)28-19-39-41(2)21-28/h4-10,18-19,21,23,37H,1,11-17,20,22,36H2,2-3H3/t35-/m0/s1. The van der Waals surface area contributed by atoms with E-state index in [2.05, 4.69) is 61.9 Å². The topological polar surface area (TPSA) is 125 Å². The van der Waals surface area contributed by atoms with Gasteiger partial charge in [0, 0.05) is 86.8 Å². The largest absolute Gasteiger partial charge is 0.398 e. The van der Waals surface area contributed by atoms with E-state index in [0.717, 1.165) is 74.8 Å². The molecule has 3 N–H and O–H groups in total. The summed E-state index contributed by atoms with van der Waals surface area (Å²) < 4.78 is 3.38. The highest BCUT2D eigenvalue weighted by molar-refractivity contribution is 6.14. The van der Waals surface area contributed by atoms with Gasteiger partial charge in [-0.3, -0.25) is 24.5 Å². The third kappa shape index (κ3) is 5.51. The van der Waals surface area contributed by atoms with Crippen LogP contribution in [0, 0.1) is 10.8 Å². The summed E-state index contributed by atoms with van der Waals surface area (Å²) in [6, 6.07) is 14.1. The minimum Gasteiger partial charge on any atom is -0.398 e. The third-order valence-electron chi connectivity index (χ3n) is 9.73. The number of nitrogen functional groups attached to an aromatic ring is 1. The molecule has 3 aliphatic rings. The first-order valence-corrected chi connectivity index (χ1v) is 15.8. The Hall–Kier alpha value is -5.03. The molecule has 0 aliphatic carbocycles. The number of likely N-dealkylation sites (tertiary alicyclic amines) is 1. The predicted molar refractivity (Wildman–Crippen MR) is 180 cm³/mol. The summed E-state index contributed by atoms with van der Waals surface area (Å²) in [7, 11) is 3.70. The van der Waals surface area contributed by atoms with Crippen LogP contribution < -0.4 is 10.6 Å². The van der Waals surface area contributed by atoms with Crippen molar-refractivity contribution in [1.29, 1.82) is 5.41 Å². The maximum atomic E-state index is 13.9. The summed E-state index contributed by atoms with van der Waals surface area (Å²) in [5.41, 5.74) is 13.5. The van der Waals surface area contributed by atoms with E-state index in [-0.39, 0.29) is 11.3 Å². The first-order valence-electron chi connectivity index (χ1n) is 15.8. The molecule has 0 unspecified atom stereocenters. The lowest BCUT2D eigenvalue weighted by molar-refractivity contribution is -0.125. The zero-order valence-corrected chi connectivity index (χ0v) is 26.5. The van der Waals surface area contributed by atoms with Gasteiger partial charge in [-0.15, -0.1) is 0 Å². The summed E-state index contributed by atoms with van der Waals surface area (Å²) >= 11 is 0. The second-order valence-corrected chi connectivity index (χ2v) is 12.8. The first-order chi connectivity index (χ1) is 22.2. The maximum absolute atomic E-state index is 13.9. The minimum atomic E-state index is -0.384. The number of hydrogen-bond donors (Lipinski definition) is 2.